The molecule has 0 saturated heterocycles. The molecule has 1 aromatic heterocycles. The summed E-state index contributed by atoms with van der Waals surface area (Å²) in [4.78, 5) is 0. The zero-order valence-corrected chi connectivity index (χ0v) is 11.3. The number of rotatable bonds is 10. The van der Waals surface area contributed by atoms with Gasteiger partial charge in [-0.1, -0.05) is 32.6 Å². The van der Waals surface area contributed by atoms with E-state index in [0.717, 1.165) is 26.1 Å². The number of aryl methyl sites for hydroxylation is 2. The molecule has 17 heavy (non-hydrogen) atoms. The van der Waals surface area contributed by atoms with Crippen LogP contribution in [0.4, 0.5) is 0 Å². The van der Waals surface area contributed by atoms with Crippen LogP contribution in [-0.4, -0.2) is 11.1 Å². The summed E-state index contributed by atoms with van der Waals surface area (Å²) in [5.41, 5.74) is 5.50. The zero-order chi connectivity index (χ0) is 12.3. The van der Waals surface area contributed by atoms with Crippen LogP contribution in [0, 0.1) is 0 Å². The molecule has 0 fully saturated rings. The summed E-state index contributed by atoms with van der Waals surface area (Å²) in [5, 5.41) is 0. The summed E-state index contributed by atoms with van der Waals surface area (Å²) >= 11 is 0. The van der Waals surface area contributed by atoms with Crippen LogP contribution in [0.2, 0.25) is 0 Å². The summed E-state index contributed by atoms with van der Waals surface area (Å²) in [6.45, 7) is 5.23. The van der Waals surface area contributed by atoms with Gasteiger partial charge in [-0.2, -0.15) is 0 Å². The van der Waals surface area contributed by atoms with Crippen molar-refractivity contribution in [2.45, 2.75) is 65.0 Å². The molecule has 1 heterocycles. The number of nitrogens with two attached hydrogens (primary N) is 1. The number of hydrogen-bond donors (Lipinski definition) is 1. The van der Waals surface area contributed by atoms with Crippen LogP contribution in [0.1, 0.15) is 51.9 Å². The Hall–Kier alpha value is -0.830. The van der Waals surface area contributed by atoms with Gasteiger partial charge in [0.05, 0.1) is 13.1 Å². The summed E-state index contributed by atoms with van der Waals surface area (Å²) in [6.07, 6.45) is 15.8. The van der Waals surface area contributed by atoms with E-state index in [1.165, 1.54) is 38.5 Å². The van der Waals surface area contributed by atoms with Gasteiger partial charge in [-0.05, 0) is 25.8 Å². The van der Waals surface area contributed by atoms with E-state index in [9.17, 15) is 0 Å². The zero-order valence-electron chi connectivity index (χ0n) is 11.3. The minimum atomic E-state index is 0.773. The number of unbranched alkanes of at least 4 members (excludes halogenated alkanes) is 5. The van der Waals surface area contributed by atoms with Crippen molar-refractivity contribution in [1.82, 2.24) is 4.57 Å². The molecule has 0 aliphatic rings. The van der Waals surface area contributed by atoms with Gasteiger partial charge >= 0.3 is 0 Å². The van der Waals surface area contributed by atoms with Crippen molar-refractivity contribution < 1.29 is 4.57 Å². The molecule has 1 rings (SSSR count). The molecular formula is C14H28N3+. The van der Waals surface area contributed by atoms with E-state index in [1.807, 2.05) is 0 Å². The van der Waals surface area contributed by atoms with Crippen LogP contribution >= 0.6 is 0 Å². The molecule has 0 aliphatic heterocycles. The van der Waals surface area contributed by atoms with Crippen molar-refractivity contribution in [3.63, 3.8) is 0 Å². The fraction of sp³-hybridized carbons (Fsp3) is 0.786. The second-order valence-electron chi connectivity index (χ2n) is 4.80. The van der Waals surface area contributed by atoms with Gasteiger partial charge < -0.3 is 5.73 Å². The molecule has 0 spiro atoms. The molecule has 0 amide bonds. The first-order chi connectivity index (χ1) is 8.36. The monoisotopic (exact) mass is 238 g/mol. The number of hydrogen-bond acceptors (Lipinski definition) is 1. The highest BCUT2D eigenvalue weighted by Crippen LogP contribution is 2.05. The van der Waals surface area contributed by atoms with Crippen molar-refractivity contribution in [3.8, 4) is 0 Å². The van der Waals surface area contributed by atoms with Crippen LogP contribution in [0.5, 0.6) is 0 Å². The smallest absolute Gasteiger partial charge is 0.243 e. The topological polar surface area (TPSA) is 34.8 Å². The first-order valence-corrected chi connectivity index (χ1v) is 7.11. The van der Waals surface area contributed by atoms with E-state index < -0.39 is 0 Å². The predicted molar refractivity (Wildman–Crippen MR) is 71.7 cm³/mol. The Morgan fingerprint density at radius 1 is 1.06 bits per heavy atom. The van der Waals surface area contributed by atoms with E-state index in [4.69, 9.17) is 5.73 Å². The lowest BCUT2D eigenvalue weighted by Gasteiger charge is -1.98. The van der Waals surface area contributed by atoms with Gasteiger partial charge in [0.15, 0.2) is 0 Å². The van der Waals surface area contributed by atoms with Crippen molar-refractivity contribution in [2.24, 2.45) is 5.73 Å². The molecular weight excluding hydrogens is 210 g/mol. The highest BCUT2D eigenvalue weighted by atomic mass is 15.1. The molecule has 0 aromatic carbocycles. The Balaban J connectivity index is 2.08. The maximum Gasteiger partial charge on any atom is 0.243 e. The number of imidazole rings is 1. The second-order valence-corrected chi connectivity index (χ2v) is 4.80. The standard InChI is InChI=1S/C14H28N3/c1-2-3-4-5-6-7-10-16-12-13-17(14-16)11-8-9-15/h12-14H,2-11,15H2,1H3/q+1. The Morgan fingerprint density at radius 3 is 2.59 bits per heavy atom. The van der Waals surface area contributed by atoms with Gasteiger partial charge in [0.1, 0.15) is 12.4 Å². The molecule has 98 valence electrons. The van der Waals surface area contributed by atoms with E-state index >= 15 is 0 Å². The predicted octanol–water partition coefficient (Wildman–Crippen LogP) is 2.48. The van der Waals surface area contributed by atoms with Crippen molar-refractivity contribution in [2.75, 3.05) is 6.54 Å². The van der Waals surface area contributed by atoms with Crippen LogP contribution in [0.25, 0.3) is 0 Å². The Labute approximate surface area is 106 Å². The lowest BCUT2D eigenvalue weighted by molar-refractivity contribution is -0.696. The highest BCUT2D eigenvalue weighted by Gasteiger charge is 2.02. The van der Waals surface area contributed by atoms with Crippen LogP contribution in [0.15, 0.2) is 18.7 Å². The van der Waals surface area contributed by atoms with Gasteiger partial charge in [0.25, 0.3) is 0 Å². The van der Waals surface area contributed by atoms with Crippen LogP contribution < -0.4 is 10.3 Å². The van der Waals surface area contributed by atoms with Gasteiger partial charge in [-0.25, -0.2) is 9.13 Å². The van der Waals surface area contributed by atoms with Crippen LogP contribution in [0.3, 0.4) is 0 Å². The molecule has 0 aliphatic carbocycles. The Bertz CT molecular complexity index is 281. The van der Waals surface area contributed by atoms with Gasteiger partial charge in [0, 0.05) is 0 Å². The Morgan fingerprint density at radius 2 is 1.82 bits per heavy atom. The maximum atomic E-state index is 5.50. The third kappa shape index (κ3) is 6.47. The minimum absolute atomic E-state index is 0.773. The normalized spacial score (nSPS) is 10.9. The fourth-order valence-electron chi connectivity index (χ4n) is 2.05. The third-order valence-corrected chi connectivity index (χ3v) is 3.14. The van der Waals surface area contributed by atoms with Gasteiger partial charge in [-0.15, -0.1) is 0 Å². The summed E-state index contributed by atoms with van der Waals surface area (Å²) in [7, 11) is 0. The molecule has 3 heteroatoms. The molecule has 0 saturated carbocycles. The number of aromatic nitrogens is 2. The first kappa shape index (κ1) is 14.2. The highest BCUT2D eigenvalue weighted by molar-refractivity contribution is 4.66. The molecule has 0 atom stereocenters. The summed E-state index contributed by atoms with van der Waals surface area (Å²) < 4.78 is 4.51. The van der Waals surface area contributed by atoms with Crippen molar-refractivity contribution >= 4 is 0 Å². The van der Waals surface area contributed by atoms with Crippen molar-refractivity contribution in [1.29, 1.82) is 0 Å². The maximum absolute atomic E-state index is 5.50. The second kappa shape index (κ2) is 9.23. The first-order valence-electron chi connectivity index (χ1n) is 7.11. The van der Waals surface area contributed by atoms with E-state index in [1.54, 1.807) is 0 Å². The number of nitrogens with zero attached hydrogens (tertiary/aromatic N) is 2. The van der Waals surface area contributed by atoms with Gasteiger partial charge in [-0.3, -0.25) is 0 Å². The van der Waals surface area contributed by atoms with E-state index in [0.29, 0.717) is 0 Å². The quantitative estimate of drug-likeness (QED) is 0.493. The van der Waals surface area contributed by atoms with Gasteiger partial charge in [0.2, 0.25) is 6.33 Å². The molecule has 0 bridgehead atoms. The van der Waals surface area contributed by atoms with E-state index in [-0.39, 0.29) is 0 Å². The van der Waals surface area contributed by atoms with Crippen LogP contribution in [-0.2, 0) is 13.1 Å². The molecule has 1 aromatic rings. The average molecular weight is 238 g/mol. The third-order valence-electron chi connectivity index (χ3n) is 3.14. The minimum Gasteiger partial charge on any atom is -0.330 e. The van der Waals surface area contributed by atoms with E-state index in [2.05, 4.69) is 34.8 Å². The molecule has 2 N–H and O–H groups in total. The molecule has 0 radical (unpaired) electrons. The summed E-state index contributed by atoms with van der Waals surface area (Å²) in [6, 6.07) is 0. The summed E-state index contributed by atoms with van der Waals surface area (Å²) in [5.74, 6) is 0. The lowest BCUT2D eigenvalue weighted by atomic mass is 10.1. The Kier molecular flexibility index (Phi) is 7.72. The average Bonchev–Trinajstić information content (AvgIpc) is 2.79. The fourth-order valence-corrected chi connectivity index (χ4v) is 2.05. The largest absolute Gasteiger partial charge is 0.330 e. The molecule has 0 unspecified atom stereocenters. The lowest BCUT2D eigenvalue weighted by Crippen LogP contribution is -2.32. The SMILES string of the molecule is CCCCCCCCn1cc[n+](CCCN)c1. The van der Waals surface area contributed by atoms with Crippen molar-refractivity contribution in [3.05, 3.63) is 18.7 Å². The molecule has 3 nitrogen and oxygen atoms in total.